The van der Waals surface area contributed by atoms with Gasteiger partial charge >= 0.3 is 0 Å². The van der Waals surface area contributed by atoms with E-state index in [0.29, 0.717) is 12.0 Å². The lowest BCUT2D eigenvalue weighted by Gasteiger charge is -1.90. The molecule has 0 spiro atoms. The number of nitrogens with one attached hydrogen (secondary N) is 3. The summed E-state index contributed by atoms with van der Waals surface area (Å²) in [6.45, 7) is 0. The molecule has 4 nitrogen and oxygen atoms in total. The van der Waals surface area contributed by atoms with Crippen molar-refractivity contribution in [1.82, 2.24) is 16.4 Å². The second-order valence-electron chi connectivity index (χ2n) is 1.11. The van der Waals surface area contributed by atoms with Crippen molar-refractivity contribution >= 4 is 6.29 Å². The molecule has 0 aromatic carbocycles. The zero-order valence-electron chi connectivity index (χ0n) is 3.56. The highest BCUT2D eigenvalue weighted by Crippen LogP contribution is 1.78. The van der Waals surface area contributed by atoms with Crippen molar-refractivity contribution < 1.29 is 4.79 Å². The normalized spacial score (nSPS) is 16.9. The molecule has 0 aromatic heterocycles. The molecular formula is C3H5N3O. The standard InChI is InChI=1S/C3H5N3O/c7-2-3-1-4-6-5-3/h1-2,4-6H. The first kappa shape index (κ1) is 4.14. The van der Waals surface area contributed by atoms with Gasteiger partial charge in [0.25, 0.3) is 0 Å². The summed E-state index contributed by atoms with van der Waals surface area (Å²) in [5.74, 6) is 0. The van der Waals surface area contributed by atoms with Crippen LogP contribution in [-0.4, -0.2) is 6.29 Å². The molecule has 0 saturated heterocycles. The first-order valence-corrected chi connectivity index (χ1v) is 1.85. The van der Waals surface area contributed by atoms with Crippen molar-refractivity contribution in [1.29, 1.82) is 0 Å². The summed E-state index contributed by atoms with van der Waals surface area (Å²) >= 11 is 0. The number of carbonyl (C=O) groups excluding carboxylic acids is 1. The fraction of sp³-hybridized carbons (Fsp3) is 0. The van der Waals surface area contributed by atoms with Crippen LogP contribution in [0.1, 0.15) is 0 Å². The third-order valence-electron chi connectivity index (χ3n) is 0.634. The minimum Gasteiger partial charge on any atom is -0.309 e. The van der Waals surface area contributed by atoms with E-state index in [1.165, 1.54) is 6.20 Å². The molecule has 1 aliphatic rings. The second kappa shape index (κ2) is 1.61. The summed E-state index contributed by atoms with van der Waals surface area (Å²) < 4.78 is 0. The average Bonchev–Trinajstić information content (AvgIpc) is 2.14. The van der Waals surface area contributed by atoms with Gasteiger partial charge < -0.3 is 5.43 Å². The van der Waals surface area contributed by atoms with Gasteiger partial charge in [-0.15, -0.1) is 0 Å². The number of allylic oxidation sites excluding steroid dienone is 1. The molecule has 1 rings (SSSR count). The number of carbonyl (C=O) groups is 1. The van der Waals surface area contributed by atoms with Crippen LogP contribution in [0.25, 0.3) is 0 Å². The largest absolute Gasteiger partial charge is 0.309 e. The van der Waals surface area contributed by atoms with Gasteiger partial charge in [-0.25, -0.2) is 0 Å². The number of aldehydes is 1. The van der Waals surface area contributed by atoms with Crippen LogP contribution in [0.4, 0.5) is 0 Å². The Morgan fingerprint density at radius 2 is 2.57 bits per heavy atom. The summed E-state index contributed by atoms with van der Waals surface area (Å²) in [7, 11) is 0. The Bertz CT molecular complexity index is 109. The van der Waals surface area contributed by atoms with E-state index < -0.39 is 0 Å². The number of hydrogen-bond acceptors (Lipinski definition) is 4. The average molecular weight is 99.1 g/mol. The lowest BCUT2D eigenvalue weighted by molar-refractivity contribution is -0.105. The van der Waals surface area contributed by atoms with E-state index in [4.69, 9.17) is 0 Å². The highest BCUT2D eigenvalue weighted by molar-refractivity contribution is 5.72. The molecule has 3 N–H and O–H groups in total. The number of hydrogen-bond donors (Lipinski definition) is 3. The van der Waals surface area contributed by atoms with Crippen molar-refractivity contribution in [3.63, 3.8) is 0 Å². The molecule has 0 amide bonds. The van der Waals surface area contributed by atoms with Crippen molar-refractivity contribution in [3.8, 4) is 0 Å². The molecule has 0 fully saturated rings. The summed E-state index contributed by atoms with van der Waals surface area (Å²) in [5, 5.41) is 0. The van der Waals surface area contributed by atoms with Crippen LogP contribution in [0.3, 0.4) is 0 Å². The maximum absolute atomic E-state index is 9.80. The predicted octanol–water partition coefficient (Wildman–Crippen LogP) is -1.36. The number of hydrazine groups is 2. The van der Waals surface area contributed by atoms with Crippen molar-refractivity contribution in [2.45, 2.75) is 0 Å². The summed E-state index contributed by atoms with van der Waals surface area (Å²) in [6.07, 6.45) is 2.25. The van der Waals surface area contributed by atoms with Crippen LogP contribution in [0, 0.1) is 0 Å². The van der Waals surface area contributed by atoms with E-state index in [1.54, 1.807) is 0 Å². The Kier molecular flexibility index (Phi) is 0.953. The van der Waals surface area contributed by atoms with E-state index in [0.717, 1.165) is 0 Å². The monoisotopic (exact) mass is 99.0 g/mol. The van der Waals surface area contributed by atoms with Crippen molar-refractivity contribution in [2.75, 3.05) is 0 Å². The summed E-state index contributed by atoms with van der Waals surface area (Å²) in [6, 6.07) is 0. The smallest absolute Gasteiger partial charge is 0.168 e. The summed E-state index contributed by atoms with van der Waals surface area (Å²) in [5.41, 5.74) is 8.12. The maximum atomic E-state index is 9.80. The zero-order chi connectivity index (χ0) is 5.11. The van der Waals surface area contributed by atoms with Gasteiger partial charge in [0.15, 0.2) is 6.29 Å². The molecule has 7 heavy (non-hydrogen) atoms. The van der Waals surface area contributed by atoms with Crippen molar-refractivity contribution in [2.24, 2.45) is 0 Å². The third-order valence-corrected chi connectivity index (χ3v) is 0.634. The SMILES string of the molecule is O=CC1=CNNN1. The van der Waals surface area contributed by atoms with Crippen LogP contribution in [0.15, 0.2) is 11.9 Å². The lowest BCUT2D eigenvalue weighted by atomic mass is 10.6. The first-order valence-electron chi connectivity index (χ1n) is 1.85. The zero-order valence-corrected chi connectivity index (χ0v) is 3.56. The molecule has 0 radical (unpaired) electrons. The van der Waals surface area contributed by atoms with Crippen LogP contribution in [0.2, 0.25) is 0 Å². The molecular weight excluding hydrogens is 94.1 g/mol. The molecule has 0 atom stereocenters. The van der Waals surface area contributed by atoms with Gasteiger partial charge in [0.1, 0.15) is 5.70 Å². The molecule has 1 heterocycles. The Morgan fingerprint density at radius 1 is 1.71 bits per heavy atom. The topological polar surface area (TPSA) is 53.2 Å². The molecule has 38 valence electrons. The van der Waals surface area contributed by atoms with E-state index >= 15 is 0 Å². The predicted molar refractivity (Wildman–Crippen MR) is 23.6 cm³/mol. The fourth-order valence-electron chi connectivity index (χ4n) is 0.322. The van der Waals surface area contributed by atoms with E-state index in [2.05, 4.69) is 16.4 Å². The Balaban J connectivity index is 2.51. The van der Waals surface area contributed by atoms with Crippen LogP contribution < -0.4 is 16.4 Å². The van der Waals surface area contributed by atoms with Crippen LogP contribution in [-0.2, 0) is 4.79 Å². The molecule has 4 heteroatoms. The molecule has 0 aliphatic carbocycles. The van der Waals surface area contributed by atoms with Gasteiger partial charge in [-0.05, 0) is 0 Å². The molecule has 0 saturated carbocycles. The lowest BCUT2D eigenvalue weighted by Crippen LogP contribution is -2.31. The van der Waals surface area contributed by atoms with Crippen LogP contribution >= 0.6 is 0 Å². The van der Waals surface area contributed by atoms with Gasteiger partial charge in [0.05, 0.1) is 0 Å². The van der Waals surface area contributed by atoms with Crippen molar-refractivity contribution in [3.05, 3.63) is 11.9 Å². The Hall–Kier alpha value is -1.03. The maximum Gasteiger partial charge on any atom is 0.168 e. The minimum atomic E-state index is 0.514. The Labute approximate surface area is 40.5 Å². The third kappa shape index (κ3) is 0.690. The second-order valence-corrected chi connectivity index (χ2v) is 1.11. The molecule has 0 bridgehead atoms. The van der Waals surface area contributed by atoms with Gasteiger partial charge in [-0.1, -0.05) is 0 Å². The summed E-state index contributed by atoms with van der Waals surface area (Å²) in [4.78, 5) is 9.80. The molecule has 0 aromatic rings. The molecule has 0 unspecified atom stereocenters. The first-order chi connectivity index (χ1) is 3.43. The molecule has 1 aliphatic heterocycles. The van der Waals surface area contributed by atoms with Gasteiger partial charge in [-0.2, -0.15) is 5.53 Å². The number of rotatable bonds is 1. The van der Waals surface area contributed by atoms with E-state index in [1.807, 2.05) is 0 Å². The van der Waals surface area contributed by atoms with Gasteiger partial charge in [-0.3, -0.25) is 10.2 Å². The highest BCUT2D eigenvalue weighted by Gasteiger charge is 1.95. The quantitative estimate of drug-likeness (QED) is 0.355. The Morgan fingerprint density at radius 3 is 2.86 bits per heavy atom. The van der Waals surface area contributed by atoms with Gasteiger partial charge in [0.2, 0.25) is 0 Å². The van der Waals surface area contributed by atoms with E-state index in [9.17, 15) is 4.79 Å². The van der Waals surface area contributed by atoms with E-state index in [-0.39, 0.29) is 0 Å². The minimum absolute atomic E-state index is 0.514. The highest BCUT2D eigenvalue weighted by atomic mass is 16.1. The fourth-order valence-corrected chi connectivity index (χ4v) is 0.322. The van der Waals surface area contributed by atoms with Crippen LogP contribution in [0.5, 0.6) is 0 Å². The van der Waals surface area contributed by atoms with Gasteiger partial charge in [0, 0.05) is 6.20 Å².